The number of aromatic nitrogens is 1. The van der Waals surface area contributed by atoms with E-state index < -0.39 is 0 Å². The third-order valence-corrected chi connectivity index (χ3v) is 4.78. The van der Waals surface area contributed by atoms with Gasteiger partial charge in [0.15, 0.2) is 0 Å². The zero-order valence-electron chi connectivity index (χ0n) is 10.0. The Morgan fingerprint density at radius 1 is 1.47 bits per heavy atom. The second-order valence-electron chi connectivity index (χ2n) is 4.90. The van der Waals surface area contributed by atoms with Crippen LogP contribution in [0, 0.1) is 12.8 Å². The molecule has 2 aromatic rings. The second-order valence-corrected chi connectivity index (χ2v) is 5.70. The Morgan fingerprint density at radius 2 is 2.35 bits per heavy atom. The van der Waals surface area contributed by atoms with Crippen LogP contribution in [0.2, 0.25) is 0 Å². The van der Waals surface area contributed by atoms with Crippen molar-refractivity contribution < 1.29 is 0 Å². The lowest BCUT2D eigenvalue weighted by atomic mass is 10.0. The summed E-state index contributed by atoms with van der Waals surface area (Å²) in [5.74, 6) is 0.791. The van der Waals surface area contributed by atoms with Crippen molar-refractivity contribution in [2.75, 3.05) is 13.1 Å². The molecule has 1 atom stereocenters. The van der Waals surface area contributed by atoms with Crippen molar-refractivity contribution in [3.05, 3.63) is 40.1 Å². The van der Waals surface area contributed by atoms with Crippen LogP contribution >= 0.6 is 15.9 Å². The zero-order valence-corrected chi connectivity index (χ0v) is 11.6. The van der Waals surface area contributed by atoms with E-state index in [-0.39, 0.29) is 0 Å². The Bertz CT molecular complexity index is 538. The molecular formula is C14H17BrN2. The average Bonchev–Trinajstić information content (AvgIpc) is 2.94. The lowest BCUT2D eigenvalue weighted by molar-refractivity contribution is 0.568. The van der Waals surface area contributed by atoms with E-state index in [0.717, 1.165) is 12.5 Å². The van der Waals surface area contributed by atoms with Crippen LogP contribution in [-0.4, -0.2) is 17.5 Å². The van der Waals surface area contributed by atoms with E-state index >= 15 is 0 Å². The van der Waals surface area contributed by atoms with Gasteiger partial charge in [-0.3, -0.25) is 0 Å². The van der Waals surface area contributed by atoms with Crippen molar-refractivity contribution in [3.8, 4) is 0 Å². The van der Waals surface area contributed by atoms with Crippen LogP contribution in [0.25, 0.3) is 5.52 Å². The second kappa shape index (κ2) is 4.46. The number of fused-ring (bicyclic) bond motifs is 1. The first-order valence-corrected chi connectivity index (χ1v) is 7.01. The van der Waals surface area contributed by atoms with Crippen molar-refractivity contribution in [1.29, 1.82) is 0 Å². The molecule has 17 heavy (non-hydrogen) atoms. The summed E-state index contributed by atoms with van der Waals surface area (Å²) in [4.78, 5) is 0. The van der Waals surface area contributed by atoms with Crippen LogP contribution in [0.4, 0.5) is 0 Å². The van der Waals surface area contributed by atoms with Gasteiger partial charge in [-0.1, -0.05) is 6.07 Å². The first-order chi connectivity index (χ1) is 8.27. The molecule has 1 saturated heterocycles. The van der Waals surface area contributed by atoms with Crippen LogP contribution < -0.4 is 5.32 Å². The van der Waals surface area contributed by atoms with E-state index in [2.05, 4.69) is 57.0 Å². The minimum absolute atomic E-state index is 0.791. The Labute approximate surface area is 110 Å². The van der Waals surface area contributed by atoms with E-state index in [1.165, 1.54) is 40.6 Å². The fraction of sp³-hybridized carbons (Fsp3) is 0.429. The molecule has 1 unspecified atom stereocenters. The molecule has 0 bridgehead atoms. The maximum absolute atomic E-state index is 3.71. The van der Waals surface area contributed by atoms with Gasteiger partial charge < -0.3 is 9.72 Å². The van der Waals surface area contributed by atoms with Gasteiger partial charge in [0.25, 0.3) is 0 Å². The van der Waals surface area contributed by atoms with Gasteiger partial charge in [-0.2, -0.15) is 0 Å². The average molecular weight is 293 g/mol. The van der Waals surface area contributed by atoms with Gasteiger partial charge in [0.1, 0.15) is 0 Å². The lowest BCUT2D eigenvalue weighted by Gasteiger charge is -2.09. The largest absolute Gasteiger partial charge is 0.319 e. The molecule has 2 aromatic heterocycles. The Balaban J connectivity index is 2.05. The van der Waals surface area contributed by atoms with Gasteiger partial charge in [-0.05, 0) is 72.4 Å². The molecule has 0 aliphatic carbocycles. The normalized spacial score (nSPS) is 20.2. The summed E-state index contributed by atoms with van der Waals surface area (Å²) in [6, 6.07) is 6.38. The number of hydrogen-bond acceptors (Lipinski definition) is 1. The van der Waals surface area contributed by atoms with Crippen LogP contribution in [0.5, 0.6) is 0 Å². The first-order valence-electron chi connectivity index (χ1n) is 6.22. The molecule has 3 rings (SSSR count). The molecule has 0 amide bonds. The molecule has 0 radical (unpaired) electrons. The number of halogens is 1. The van der Waals surface area contributed by atoms with Crippen molar-refractivity contribution >= 4 is 21.4 Å². The van der Waals surface area contributed by atoms with E-state index in [0.29, 0.717) is 0 Å². The van der Waals surface area contributed by atoms with Crippen molar-refractivity contribution in [2.45, 2.75) is 19.8 Å². The van der Waals surface area contributed by atoms with Crippen LogP contribution in [0.3, 0.4) is 0 Å². The summed E-state index contributed by atoms with van der Waals surface area (Å²) >= 11 is 3.71. The maximum atomic E-state index is 3.71. The summed E-state index contributed by atoms with van der Waals surface area (Å²) in [6.45, 7) is 4.56. The van der Waals surface area contributed by atoms with Gasteiger partial charge in [-0.25, -0.2) is 0 Å². The maximum Gasteiger partial charge on any atom is 0.0597 e. The molecule has 1 fully saturated rings. The number of nitrogens with zero attached hydrogens (tertiary/aromatic N) is 1. The third kappa shape index (κ3) is 1.91. The molecule has 3 heteroatoms. The lowest BCUT2D eigenvalue weighted by Crippen LogP contribution is -2.12. The fourth-order valence-corrected chi connectivity index (χ4v) is 3.32. The number of rotatable bonds is 2. The van der Waals surface area contributed by atoms with Gasteiger partial charge in [-0.15, -0.1) is 0 Å². The smallest absolute Gasteiger partial charge is 0.0597 e. The molecule has 3 heterocycles. The summed E-state index contributed by atoms with van der Waals surface area (Å²) in [5.41, 5.74) is 4.13. The molecule has 0 saturated carbocycles. The summed E-state index contributed by atoms with van der Waals surface area (Å²) < 4.78 is 3.58. The van der Waals surface area contributed by atoms with Gasteiger partial charge in [0.05, 0.1) is 5.52 Å². The molecule has 1 aliphatic heterocycles. The highest BCUT2D eigenvalue weighted by Crippen LogP contribution is 2.30. The quantitative estimate of drug-likeness (QED) is 0.899. The molecular weight excluding hydrogens is 276 g/mol. The highest BCUT2D eigenvalue weighted by molar-refractivity contribution is 9.10. The predicted molar refractivity (Wildman–Crippen MR) is 74.5 cm³/mol. The van der Waals surface area contributed by atoms with Crippen molar-refractivity contribution in [3.63, 3.8) is 0 Å². The minimum atomic E-state index is 0.791. The van der Waals surface area contributed by atoms with Crippen LogP contribution in [0.15, 0.2) is 28.9 Å². The standard InChI is InChI=1S/C14H17BrN2/c1-10-13(8-11-5-6-16-9-11)17-7-3-2-4-12(17)14(10)15/h2-4,7,11,16H,5-6,8-9H2,1H3. The highest BCUT2D eigenvalue weighted by atomic mass is 79.9. The van der Waals surface area contributed by atoms with Crippen molar-refractivity contribution in [2.24, 2.45) is 5.92 Å². The zero-order chi connectivity index (χ0) is 11.8. The van der Waals surface area contributed by atoms with E-state index in [1.807, 2.05) is 0 Å². The number of hydrogen-bond donors (Lipinski definition) is 1. The van der Waals surface area contributed by atoms with E-state index in [4.69, 9.17) is 0 Å². The monoisotopic (exact) mass is 292 g/mol. The third-order valence-electron chi connectivity index (χ3n) is 3.78. The van der Waals surface area contributed by atoms with Crippen LogP contribution in [-0.2, 0) is 6.42 Å². The Hall–Kier alpha value is -0.800. The van der Waals surface area contributed by atoms with Gasteiger partial charge in [0, 0.05) is 16.4 Å². The summed E-state index contributed by atoms with van der Waals surface area (Å²) in [5, 5.41) is 3.45. The van der Waals surface area contributed by atoms with Gasteiger partial charge >= 0.3 is 0 Å². The Morgan fingerprint density at radius 3 is 3.12 bits per heavy atom. The molecule has 2 nitrogen and oxygen atoms in total. The number of pyridine rings is 1. The fourth-order valence-electron chi connectivity index (χ4n) is 2.77. The highest BCUT2D eigenvalue weighted by Gasteiger charge is 2.19. The molecule has 90 valence electrons. The predicted octanol–water partition coefficient (Wildman–Crippen LogP) is 3.16. The number of nitrogens with one attached hydrogen (secondary N) is 1. The minimum Gasteiger partial charge on any atom is -0.319 e. The van der Waals surface area contributed by atoms with E-state index in [1.54, 1.807) is 0 Å². The SMILES string of the molecule is Cc1c(Br)c2ccccn2c1CC1CCNC1. The van der Waals surface area contributed by atoms with Crippen molar-refractivity contribution in [1.82, 2.24) is 9.72 Å². The molecule has 0 spiro atoms. The first kappa shape index (κ1) is 11.3. The van der Waals surface area contributed by atoms with Gasteiger partial charge in [0.2, 0.25) is 0 Å². The molecule has 0 aromatic carbocycles. The summed E-state index contributed by atoms with van der Waals surface area (Å²) in [7, 11) is 0. The summed E-state index contributed by atoms with van der Waals surface area (Å²) in [6.07, 6.45) is 4.65. The molecule has 1 N–H and O–H groups in total. The van der Waals surface area contributed by atoms with E-state index in [9.17, 15) is 0 Å². The molecule has 1 aliphatic rings. The van der Waals surface area contributed by atoms with Crippen LogP contribution in [0.1, 0.15) is 17.7 Å². The Kier molecular flexibility index (Phi) is 2.97. The topological polar surface area (TPSA) is 16.4 Å².